The molecule has 1 aromatic carbocycles. The molecule has 1 heterocycles. The molecule has 98 valence electrons. The van der Waals surface area contributed by atoms with Crippen molar-refractivity contribution >= 4 is 11.1 Å². The number of hydrogen-bond donors (Lipinski definition) is 2. The number of likely N-dealkylation sites (N-methyl/N-ethyl adjacent to an activating group) is 1. The van der Waals surface area contributed by atoms with Crippen LogP contribution in [0.15, 0.2) is 27.4 Å². The van der Waals surface area contributed by atoms with E-state index in [0.717, 1.165) is 5.56 Å². The van der Waals surface area contributed by atoms with Crippen LogP contribution in [0.1, 0.15) is 19.4 Å². The Balaban J connectivity index is 2.14. The second-order valence-electron chi connectivity index (χ2n) is 5.33. The number of nitrogens with one attached hydrogen (secondary N) is 1. The summed E-state index contributed by atoms with van der Waals surface area (Å²) >= 11 is 0. The van der Waals surface area contributed by atoms with Crippen LogP contribution in [0.25, 0.3) is 11.1 Å². The Kier molecular flexibility index (Phi) is 3.28. The van der Waals surface area contributed by atoms with Crippen molar-refractivity contribution in [3.8, 4) is 0 Å². The number of benzene rings is 1. The van der Waals surface area contributed by atoms with Gasteiger partial charge in [0.05, 0.1) is 11.1 Å². The smallest absolute Gasteiger partial charge is 0.408 e. The van der Waals surface area contributed by atoms with Crippen molar-refractivity contribution in [3.63, 3.8) is 0 Å². The number of aliphatic hydroxyl groups is 1. The second-order valence-corrected chi connectivity index (χ2v) is 5.33. The van der Waals surface area contributed by atoms with E-state index in [9.17, 15) is 9.90 Å². The molecule has 0 amide bonds. The van der Waals surface area contributed by atoms with E-state index in [4.69, 9.17) is 4.42 Å². The van der Waals surface area contributed by atoms with E-state index in [1.165, 1.54) is 0 Å². The van der Waals surface area contributed by atoms with Crippen molar-refractivity contribution in [1.82, 2.24) is 9.88 Å². The molecule has 0 atom stereocenters. The Morgan fingerprint density at radius 1 is 1.44 bits per heavy atom. The molecule has 2 aromatic rings. The van der Waals surface area contributed by atoms with Gasteiger partial charge in [-0.25, -0.2) is 4.79 Å². The van der Waals surface area contributed by atoms with E-state index < -0.39 is 11.4 Å². The van der Waals surface area contributed by atoms with Crippen molar-refractivity contribution in [2.24, 2.45) is 0 Å². The summed E-state index contributed by atoms with van der Waals surface area (Å²) in [5, 5.41) is 9.74. The molecule has 5 heteroatoms. The van der Waals surface area contributed by atoms with Crippen molar-refractivity contribution < 1.29 is 9.52 Å². The second kappa shape index (κ2) is 4.59. The molecule has 0 aliphatic rings. The lowest BCUT2D eigenvalue weighted by molar-refractivity contribution is 0.0425. The minimum absolute atomic E-state index is 0.438. The van der Waals surface area contributed by atoms with Crippen molar-refractivity contribution in [3.05, 3.63) is 34.3 Å². The number of aromatic nitrogens is 1. The third-order valence-corrected chi connectivity index (χ3v) is 2.59. The van der Waals surface area contributed by atoms with Crippen LogP contribution in [0.3, 0.4) is 0 Å². The Bertz CT molecular complexity index is 592. The monoisotopic (exact) mass is 250 g/mol. The van der Waals surface area contributed by atoms with E-state index in [1.54, 1.807) is 19.9 Å². The molecule has 0 fully saturated rings. The van der Waals surface area contributed by atoms with E-state index in [2.05, 4.69) is 4.98 Å². The van der Waals surface area contributed by atoms with Crippen molar-refractivity contribution in [2.45, 2.75) is 26.0 Å². The number of H-pyrrole nitrogens is 1. The molecule has 0 saturated carbocycles. The van der Waals surface area contributed by atoms with Crippen LogP contribution in [0.4, 0.5) is 0 Å². The first kappa shape index (κ1) is 12.9. The van der Waals surface area contributed by atoms with Crippen LogP contribution in [0.2, 0.25) is 0 Å². The van der Waals surface area contributed by atoms with Gasteiger partial charge in [-0.05, 0) is 38.6 Å². The Morgan fingerprint density at radius 3 is 2.83 bits per heavy atom. The predicted molar refractivity (Wildman–Crippen MR) is 69.5 cm³/mol. The van der Waals surface area contributed by atoms with Crippen molar-refractivity contribution in [1.29, 1.82) is 0 Å². The molecule has 0 spiro atoms. The summed E-state index contributed by atoms with van der Waals surface area (Å²) in [5.41, 5.74) is 1.61. The van der Waals surface area contributed by atoms with E-state index in [-0.39, 0.29) is 0 Å². The topological polar surface area (TPSA) is 69.5 Å². The van der Waals surface area contributed by atoms with E-state index in [1.807, 2.05) is 24.1 Å². The molecule has 0 bridgehead atoms. The average Bonchev–Trinajstić information content (AvgIpc) is 2.53. The number of nitrogens with zero attached hydrogens (tertiary/aromatic N) is 1. The standard InChI is InChI=1S/C13H18N2O3/c1-13(2,17)8-15(3)7-9-4-5-11-10(6-9)14-12(16)18-11/h4-6,17H,7-8H2,1-3H3,(H,14,16). The van der Waals surface area contributed by atoms with Gasteiger partial charge in [-0.2, -0.15) is 0 Å². The Labute approximate surface area is 105 Å². The lowest BCUT2D eigenvalue weighted by Crippen LogP contribution is -2.35. The molecular formula is C13H18N2O3. The molecule has 2 N–H and O–H groups in total. The lowest BCUT2D eigenvalue weighted by atomic mass is 10.1. The summed E-state index contributed by atoms with van der Waals surface area (Å²) in [6, 6.07) is 5.58. The van der Waals surface area contributed by atoms with Gasteiger partial charge in [0.1, 0.15) is 0 Å². The molecule has 0 aliphatic carbocycles. The predicted octanol–water partition coefficient (Wildman–Crippen LogP) is 1.32. The molecular weight excluding hydrogens is 232 g/mol. The highest BCUT2D eigenvalue weighted by molar-refractivity contribution is 5.72. The maximum Gasteiger partial charge on any atom is 0.417 e. The highest BCUT2D eigenvalue weighted by Gasteiger charge is 2.15. The van der Waals surface area contributed by atoms with Gasteiger partial charge < -0.3 is 9.52 Å². The van der Waals surface area contributed by atoms with Crippen LogP contribution >= 0.6 is 0 Å². The summed E-state index contributed by atoms with van der Waals surface area (Å²) in [6.07, 6.45) is 0. The first-order chi connectivity index (χ1) is 8.33. The summed E-state index contributed by atoms with van der Waals surface area (Å²) in [4.78, 5) is 15.7. The Hall–Kier alpha value is -1.59. The van der Waals surface area contributed by atoms with Gasteiger partial charge >= 0.3 is 5.76 Å². The van der Waals surface area contributed by atoms with Gasteiger partial charge in [-0.15, -0.1) is 0 Å². The Morgan fingerprint density at radius 2 is 2.17 bits per heavy atom. The summed E-state index contributed by atoms with van der Waals surface area (Å²) in [7, 11) is 1.94. The fourth-order valence-electron chi connectivity index (χ4n) is 2.13. The molecule has 0 unspecified atom stereocenters. The SMILES string of the molecule is CN(Cc1ccc2oc(=O)[nH]c2c1)CC(C)(C)O. The van der Waals surface area contributed by atoms with E-state index >= 15 is 0 Å². The summed E-state index contributed by atoms with van der Waals surface area (Å²) in [5.74, 6) is -0.438. The number of fused-ring (bicyclic) bond motifs is 1. The minimum Gasteiger partial charge on any atom is -0.408 e. The lowest BCUT2D eigenvalue weighted by Gasteiger charge is -2.25. The van der Waals surface area contributed by atoms with Gasteiger partial charge in [0.15, 0.2) is 5.58 Å². The average molecular weight is 250 g/mol. The van der Waals surface area contributed by atoms with E-state index in [0.29, 0.717) is 24.2 Å². The molecule has 0 radical (unpaired) electrons. The van der Waals surface area contributed by atoms with Crippen LogP contribution < -0.4 is 5.76 Å². The first-order valence-corrected chi connectivity index (χ1v) is 5.86. The third kappa shape index (κ3) is 3.21. The van der Waals surface area contributed by atoms with Gasteiger partial charge in [-0.1, -0.05) is 6.07 Å². The van der Waals surface area contributed by atoms with Gasteiger partial charge in [-0.3, -0.25) is 9.88 Å². The largest absolute Gasteiger partial charge is 0.417 e. The zero-order valence-electron chi connectivity index (χ0n) is 10.9. The maximum atomic E-state index is 11.0. The molecule has 0 aliphatic heterocycles. The van der Waals surface area contributed by atoms with Crippen LogP contribution in [-0.2, 0) is 6.54 Å². The zero-order chi connectivity index (χ0) is 13.3. The number of rotatable bonds is 4. The third-order valence-electron chi connectivity index (χ3n) is 2.59. The normalized spacial score (nSPS) is 12.5. The molecule has 18 heavy (non-hydrogen) atoms. The van der Waals surface area contributed by atoms with Crippen molar-refractivity contribution in [2.75, 3.05) is 13.6 Å². The highest BCUT2D eigenvalue weighted by atomic mass is 16.4. The summed E-state index contributed by atoms with van der Waals surface area (Å²) < 4.78 is 4.94. The molecule has 1 aromatic heterocycles. The van der Waals surface area contributed by atoms with Gasteiger partial charge in [0, 0.05) is 13.1 Å². The summed E-state index contributed by atoms with van der Waals surface area (Å²) in [6.45, 7) is 4.83. The molecule has 0 saturated heterocycles. The van der Waals surface area contributed by atoms with Crippen LogP contribution in [-0.4, -0.2) is 34.2 Å². The number of aromatic amines is 1. The van der Waals surface area contributed by atoms with Gasteiger partial charge in [0.2, 0.25) is 0 Å². The number of hydrogen-bond acceptors (Lipinski definition) is 4. The fraction of sp³-hybridized carbons (Fsp3) is 0.462. The number of oxazole rings is 1. The minimum atomic E-state index is -0.719. The maximum absolute atomic E-state index is 11.0. The van der Waals surface area contributed by atoms with Gasteiger partial charge in [0.25, 0.3) is 0 Å². The molecule has 2 rings (SSSR count). The zero-order valence-corrected chi connectivity index (χ0v) is 10.9. The molecule has 5 nitrogen and oxygen atoms in total. The van der Waals surface area contributed by atoms with Crippen LogP contribution in [0.5, 0.6) is 0 Å². The fourth-order valence-corrected chi connectivity index (χ4v) is 2.13. The first-order valence-electron chi connectivity index (χ1n) is 5.86. The highest BCUT2D eigenvalue weighted by Crippen LogP contribution is 2.14. The van der Waals surface area contributed by atoms with Crippen LogP contribution in [0, 0.1) is 0 Å². The quantitative estimate of drug-likeness (QED) is 0.858.